The van der Waals surface area contributed by atoms with E-state index in [1.165, 1.54) is 30.5 Å². The number of aromatic carboxylic acids is 1. The van der Waals surface area contributed by atoms with Crippen LogP contribution in [0.2, 0.25) is 0 Å². The molecule has 6 heteroatoms. The van der Waals surface area contributed by atoms with Crippen molar-refractivity contribution < 1.29 is 14.7 Å². The maximum atomic E-state index is 12.1. The van der Waals surface area contributed by atoms with E-state index in [1.807, 2.05) is 12.1 Å². The van der Waals surface area contributed by atoms with Gasteiger partial charge in [-0.05, 0) is 60.7 Å². The van der Waals surface area contributed by atoms with Crippen LogP contribution >= 0.6 is 0 Å². The van der Waals surface area contributed by atoms with Crippen molar-refractivity contribution in [3.63, 3.8) is 0 Å². The Morgan fingerprint density at radius 1 is 0.966 bits per heavy atom. The lowest BCUT2D eigenvalue weighted by Crippen LogP contribution is -2.34. The van der Waals surface area contributed by atoms with Gasteiger partial charge in [-0.3, -0.25) is 4.90 Å². The highest BCUT2D eigenvalue weighted by molar-refractivity contribution is 5.87. The third kappa shape index (κ3) is 6.61. The minimum absolute atomic E-state index is 0.233. The molecule has 6 nitrogen and oxygen atoms in total. The second-order valence-corrected chi connectivity index (χ2v) is 7.82. The molecule has 1 heterocycles. The molecular formula is C23H29N3O3. The molecule has 2 aromatic carbocycles. The largest absolute Gasteiger partial charge is 0.478 e. The first-order chi connectivity index (χ1) is 14.0. The molecule has 1 aliphatic rings. The number of hydrogen-bond donors (Lipinski definition) is 3. The van der Waals surface area contributed by atoms with Crippen molar-refractivity contribution in [1.82, 2.24) is 15.5 Å². The molecule has 0 unspecified atom stereocenters. The van der Waals surface area contributed by atoms with Crippen molar-refractivity contribution in [2.75, 3.05) is 13.1 Å². The Hall–Kier alpha value is -2.86. The van der Waals surface area contributed by atoms with Gasteiger partial charge in [0.05, 0.1) is 5.56 Å². The zero-order valence-electron chi connectivity index (χ0n) is 16.9. The van der Waals surface area contributed by atoms with Crippen LogP contribution in [-0.4, -0.2) is 35.1 Å². The molecule has 0 atom stereocenters. The number of nitrogens with one attached hydrogen (secondary N) is 2. The van der Waals surface area contributed by atoms with Crippen molar-refractivity contribution in [2.45, 2.75) is 39.4 Å². The minimum Gasteiger partial charge on any atom is -0.478 e. The molecular weight excluding hydrogens is 366 g/mol. The first kappa shape index (κ1) is 20.9. The maximum absolute atomic E-state index is 12.1. The van der Waals surface area contributed by atoms with Crippen LogP contribution in [0, 0.1) is 5.92 Å². The molecule has 0 aliphatic carbocycles. The van der Waals surface area contributed by atoms with Crippen molar-refractivity contribution in [1.29, 1.82) is 0 Å². The fourth-order valence-electron chi connectivity index (χ4n) is 3.51. The van der Waals surface area contributed by atoms with E-state index in [-0.39, 0.29) is 11.6 Å². The van der Waals surface area contributed by atoms with Crippen LogP contribution in [0.5, 0.6) is 0 Å². The molecule has 154 valence electrons. The Morgan fingerprint density at radius 2 is 1.59 bits per heavy atom. The monoisotopic (exact) mass is 395 g/mol. The first-order valence-electron chi connectivity index (χ1n) is 10.1. The summed E-state index contributed by atoms with van der Waals surface area (Å²) in [4.78, 5) is 25.4. The van der Waals surface area contributed by atoms with Gasteiger partial charge in [0.25, 0.3) is 0 Å². The van der Waals surface area contributed by atoms with Crippen molar-refractivity contribution in [3.05, 3.63) is 70.8 Å². The van der Waals surface area contributed by atoms with Gasteiger partial charge in [0, 0.05) is 19.6 Å². The van der Waals surface area contributed by atoms with Gasteiger partial charge < -0.3 is 15.7 Å². The molecule has 0 aromatic heterocycles. The van der Waals surface area contributed by atoms with Crippen LogP contribution < -0.4 is 10.6 Å². The van der Waals surface area contributed by atoms with Gasteiger partial charge in [0.15, 0.2) is 0 Å². The number of carbonyl (C=O) groups excluding carboxylic acids is 1. The van der Waals surface area contributed by atoms with Crippen LogP contribution in [0.15, 0.2) is 48.5 Å². The van der Waals surface area contributed by atoms with E-state index in [0.29, 0.717) is 13.1 Å². The van der Waals surface area contributed by atoms with Crippen LogP contribution in [0.25, 0.3) is 0 Å². The molecule has 0 saturated carbocycles. The number of rotatable bonds is 7. The van der Waals surface area contributed by atoms with Gasteiger partial charge >= 0.3 is 12.0 Å². The zero-order valence-corrected chi connectivity index (χ0v) is 16.9. The quantitative estimate of drug-likeness (QED) is 0.669. The first-order valence-corrected chi connectivity index (χ1v) is 10.1. The van der Waals surface area contributed by atoms with Gasteiger partial charge in [0.2, 0.25) is 0 Å². The number of hydrogen-bond acceptors (Lipinski definition) is 3. The average molecular weight is 396 g/mol. The van der Waals surface area contributed by atoms with Gasteiger partial charge in [-0.25, -0.2) is 9.59 Å². The molecule has 1 fully saturated rings. The summed E-state index contributed by atoms with van der Waals surface area (Å²) in [6.45, 7) is 6.39. The average Bonchev–Trinajstić information content (AvgIpc) is 2.73. The summed E-state index contributed by atoms with van der Waals surface area (Å²) in [6.07, 6.45) is 2.53. The normalized spacial score (nSPS) is 15.1. The Kier molecular flexibility index (Phi) is 7.25. The summed E-state index contributed by atoms with van der Waals surface area (Å²) in [6, 6.07) is 14.6. The second-order valence-electron chi connectivity index (χ2n) is 7.82. The van der Waals surface area contributed by atoms with E-state index in [4.69, 9.17) is 5.11 Å². The molecule has 1 aliphatic heterocycles. The van der Waals surface area contributed by atoms with Crippen molar-refractivity contribution in [2.24, 2.45) is 5.92 Å². The number of urea groups is 1. The van der Waals surface area contributed by atoms with Crippen molar-refractivity contribution >= 4 is 12.0 Å². The second kappa shape index (κ2) is 10.1. The lowest BCUT2D eigenvalue weighted by Gasteiger charge is -2.30. The van der Waals surface area contributed by atoms with Crippen LogP contribution in [-0.2, 0) is 19.6 Å². The highest BCUT2D eigenvalue weighted by atomic mass is 16.4. The number of carbonyl (C=O) groups is 2. The SMILES string of the molecule is CC1CCN(Cc2cccc(CNC(=O)NCc3ccc(C(=O)O)cc3)c2)CC1. The molecule has 0 radical (unpaired) electrons. The number of likely N-dealkylation sites (tertiary alicyclic amines) is 1. The molecule has 29 heavy (non-hydrogen) atoms. The van der Waals surface area contributed by atoms with Crippen LogP contribution in [0.3, 0.4) is 0 Å². The van der Waals surface area contributed by atoms with Crippen LogP contribution in [0.4, 0.5) is 4.79 Å². The number of amides is 2. The summed E-state index contributed by atoms with van der Waals surface area (Å²) >= 11 is 0. The standard InChI is InChI=1S/C23H29N3O3/c1-17-9-11-26(12-10-17)16-20-4-2-3-19(13-20)15-25-23(29)24-14-18-5-7-21(8-6-18)22(27)28/h2-8,13,17H,9-12,14-16H2,1H3,(H,27,28)(H2,24,25,29). The van der Waals surface area contributed by atoms with E-state index >= 15 is 0 Å². The minimum atomic E-state index is -0.959. The Bertz CT molecular complexity index is 828. The summed E-state index contributed by atoms with van der Waals surface area (Å²) in [5, 5.41) is 14.6. The van der Waals surface area contributed by atoms with E-state index in [9.17, 15) is 9.59 Å². The molecule has 3 rings (SSSR count). The fourth-order valence-corrected chi connectivity index (χ4v) is 3.51. The number of benzene rings is 2. The van der Waals surface area contributed by atoms with E-state index < -0.39 is 5.97 Å². The molecule has 1 saturated heterocycles. The Balaban J connectivity index is 1.43. The zero-order chi connectivity index (χ0) is 20.6. The number of nitrogens with zero attached hydrogens (tertiary/aromatic N) is 1. The van der Waals surface area contributed by atoms with E-state index in [2.05, 4.69) is 34.6 Å². The van der Waals surface area contributed by atoms with Gasteiger partial charge in [-0.1, -0.05) is 43.3 Å². The highest BCUT2D eigenvalue weighted by Crippen LogP contribution is 2.18. The summed E-state index contributed by atoms with van der Waals surface area (Å²) in [5.74, 6) is -0.130. The predicted octanol–water partition coefficient (Wildman–Crippen LogP) is 3.62. The molecule has 0 spiro atoms. The number of carboxylic acid groups (broad SMARTS) is 1. The van der Waals surface area contributed by atoms with Crippen molar-refractivity contribution in [3.8, 4) is 0 Å². The van der Waals surface area contributed by atoms with Gasteiger partial charge in [-0.2, -0.15) is 0 Å². The number of piperidine rings is 1. The molecule has 0 bridgehead atoms. The number of carboxylic acids is 1. The van der Waals surface area contributed by atoms with E-state index in [0.717, 1.165) is 36.7 Å². The fraction of sp³-hybridized carbons (Fsp3) is 0.391. The summed E-state index contributed by atoms with van der Waals surface area (Å²) in [5.41, 5.74) is 3.44. The third-order valence-corrected chi connectivity index (χ3v) is 5.38. The smallest absolute Gasteiger partial charge is 0.335 e. The summed E-state index contributed by atoms with van der Waals surface area (Å²) in [7, 11) is 0. The highest BCUT2D eigenvalue weighted by Gasteiger charge is 2.15. The van der Waals surface area contributed by atoms with Gasteiger partial charge in [-0.15, -0.1) is 0 Å². The lowest BCUT2D eigenvalue weighted by atomic mass is 9.98. The molecule has 2 amide bonds. The van der Waals surface area contributed by atoms with Gasteiger partial charge in [0.1, 0.15) is 0 Å². The third-order valence-electron chi connectivity index (χ3n) is 5.38. The lowest BCUT2D eigenvalue weighted by molar-refractivity contribution is 0.0697. The topological polar surface area (TPSA) is 81.7 Å². The molecule has 3 N–H and O–H groups in total. The molecule has 2 aromatic rings. The predicted molar refractivity (Wildman–Crippen MR) is 113 cm³/mol. The van der Waals surface area contributed by atoms with Crippen LogP contribution in [0.1, 0.15) is 46.8 Å². The Labute approximate surface area is 171 Å². The van der Waals surface area contributed by atoms with E-state index in [1.54, 1.807) is 12.1 Å². The maximum Gasteiger partial charge on any atom is 0.335 e. The Morgan fingerprint density at radius 3 is 2.24 bits per heavy atom. The summed E-state index contributed by atoms with van der Waals surface area (Å²) < 4.78 is 0.